The van der Waals surface area contributed by atoms with Gasteiger partial charge in [-0.1, -0.05) is 67.6 Å². The van der Waals surface area contributed by atoms with Crippen LogP contribution in [0.2, 0.25) is 0 Å². The Hall–Kier alpha value is -1.60. The van der Waals surface area contributed by atoms with E-state index in [4.69, 9.17) is 0 Å². The second-order valence-corrected chi connectivity index (χ2v) is 5.67. The topological polar surface area (TPSA) is 3.24 Å². The third-order valence-corrected chi connectivity index (χ3v) is 4.16. The molecule has 1 fully saturated rings. The van der Waals surface area contributed by atoms with Crippen molar-refractivity contribution < 1.29 is 0 Å². The highest BCUT2D eigenvalue weighted by molar-refractivity contribution is 5.22. The highest BCUT2D eigenvalue weighted by atomic mass is 15.1. The van der Waals surface area contributed by atoms with E-state index in [9.17, 15) is 0 Å². The van der Waals surface area contributed by atoms with Crippen molar-refractivity contribution in [2.75, 3.05) is 13.1 Å². The predicted octanol–water partition coefficient (Wildman–Crippen LogP) is 3.92. The lowest BCUT2D eigenvalue weighted by Crippen LogP contribution is -2.20. The number of hydrogen-bond donors (Lipinski definition) is 0. The van der Waals surface area contributed by atoms with Crippen molar-refractivity contribution in [3.05, 3.63) is 71.8 Å². The fourth-order valence-corrected chi connectivity index (χ4v) is 3.17. The Labute approximate surface area is 115 Å². The highest BCUT2D eigenvalue weighted by Gasteiger charge is 2.30. The minimum absolute atomic E-state index is 0.685. The summed E-state index contributed by atoms with van der Waals surface area (Å²) in [6.07, 6.45) is 0. The second kappa shape index (κ2) is 5.58. The van der Waals surface area contributed by atoms with E-state index >= 15 is 0 Å². The lowest BCUT2D eigenvalue weighted by atomic mass is 9.90. The Balaban J connectivity index is 1.69. The van der Waals surface area contributed by atoms with Gasteiger partial charge < -0.3 is 0 Å². The molecule has 2 atom stereocenters. The summed E-state index contributed by atoms with van der Waals surface area (Å²) in [4.78, 5) is 2.58. The van der Waals surface area contributed by atoms with E-state index in [0.29, 0.717) is 5.92 Å². The van der Waals surface area contributed by atoms with Crippen molar-refractivity contribution in [3.8, 4) is 0 Å². The maximum atomic E-state index is 2.58. The van der Waals surface area contributed by atoms with E-state index in [1.165, 1.54) is 24.2 Å². The molecular weight excluding hydrogens is 230 g/mol. The number of hydrogen-bond acceptors (Lipinski definition) is 1. The first kappa shape index (κ1) is 12.4. The zero-order valence-electron chi connectivity index (χ0n) is 11.5. The minimum Gasteiger partial charge on any atom is -0.298 e. The maximum absolute atomic E-state index is 2.58. The fraction of sp³-hybridized carbons (Fsp3) is 0.333. The van der Waals surface area contributed by atoms with E-state index in [1.54, 1.807) is 0 Å². The summed E-state index contributed by atoms with van der Waals surface area (Å²) in [6.45, 7) is 5.84. The zero-order chi connectivity index (χ0) is 13.1. The molecule has 0 aliphatic carbocycles. The molecule has 1 aliphatic rings. The molecule has 0 aromatic heterocycles. The third-order valence-electron chi connectivity index (χ3n) is 4.16. The number of rotatable bonds is 3. The molecule has 1 heterocycles. The molecule has 0 radical (unpaired) electrons. The third kappa shape index (κ3) is 2.87. The van der Waals surface area contributed by atoms with E-state index < -0.39 is 0 Å². The van der Waals surface area contributed by atoms with Crippen LogP contribution in [-0.4, -0.2) is 18.0 Å². The molecule has 19 heavy (non-hydrogen) atoms. The zero-order valence-corrected chi connectivity index (χ0v) is 11.5. The molecule has 98 valence electrons. The van der Waals surface area contributed by atoms with Crippen LogP contribution in [0.15, 0.2) is 60.7 Å². The van der Waals surface area contributed by atoms with Crippen LogP contribution in [0.1, 0.15) is 24.0 Å². The number of likely N-dealkylation sites (tertiary alicyclic amines) is 1. The first-order chi connectivity index (χ1) is 9.33. The smallest absolute Gasteiger partial charge is 0.0234 e. The van der Waals surface area contributed by atoms with Crippen LogP contribution in [0.3, 0.4) is 0 Å². The first-order valence-corrected chi connectivity index (χ1v) is 7.14. The molecule has 2 aromatic carbocycles. The highest BCUT2D eigenvalue weighted by Crippen LogP contribution is 2.32. The van der Waals surface area contributed by atoms with E-state index in [1.807, 2.05) is 0 Å². The normalized spacial score (nSPS) is 23.6. The van der Waals surface area contributed by atoms with Gasteiger partial charge in [0.2, 0.25) is 0 Å². The van der Waals surface area contributed by atoms with Gasteiger partial charge in [-0.05, 0) is 17.0 Å². The second-order valence-electron chi connectivity index (χ2n) is 5.67. The van der Waals surface area contributed by atoms with Crippen molar-refractivity contribution in [2.24, 2.45) is 5.92 Å². The summed E-state index contributed by atoms with van der Waals surface area (Å²) in [5, 5.41) is 0. The lowest BCUT2D eigenvalue weighted by Gasteiger charge is -2.16. The average molecular weight is 251 g/mol. The van der Waals surface area contributed by atoms with Crippen LogP contribution in [-0.2, 0) is 6.54 Å². The Kier molecular flexibility index (Phi) is 3.65. The Morgan fingerprint density at radius 2 is 1.53 bits per heavy atom. The van der Waals surface area contributed by atoms with Gasteiger partial charge in [-0.3, -0.25) is 4.90 Å². The van der Waals surface area contributed by atoms with Crippen molar-refractivity contribution in [1.29, 1.82) is 0 Å². The van der Waals surface area contributed by atoms with Crippen LogP contribution in [0.5, 0.6) is 0 Å². The fourth-order valence-electron chi connectivity index (χ4n) is 3.17. The molecule has 1 nitrogen and oxygen atoms in total. The van der Waals surface area contributed by atoms with Crippen LogP contribution in [0, 0.1) is 5.92 Å². The van der Waals surface area contributed by atoms with E-state index in [0.717, 1.165) is 12.5 Å². The van der Waals surface area contributed by atoms with Gasteiger partial charge in [0.1, 0.15) is 0 Å². The summed E-state index contributed by atoms with van der Waals surface area (Å²) in [7, 11) is 0. The summed E-state index contributed by atoms with van der Waals surface area (Å²) in [5.74, 6) is 1.43. The summed E-state index contributed by atoms with van der Waals surface area (Å²) >= 11 is 0. The van der Waals surface area contributed by atoms with Crippen LogP contribution >= 0.6 is 0 Å². The minimum atomic E-state index is 0.685. The molecule has 2 aromatic rings. The van der Waals surface area contributed by atoms with Crippen LogP contribution < -0.4 is 0 Å². The van der Waals surface area contributed by atoms with Gasteiger partial charge >= 0.3 is 0 Å². The van der Waals surface area contributed by atoms with Gasteiger partial charge in [0, 0.05) is 25.6 Å². The van der Waals surface area contributed by atoms with Crippen molar-refractivity contribution in [3.63, 3.8) is 0 Å². The summed E-state index contributed by atoms with van der Waals surface area (Å²) in [5.41, 5.74) is 2.91. The van der Waals surface area contributed by atoms with Gasteiger partial charge in [0.25, 0.3) is 0 Å². The molecule has 0 saturated carbocycles. The molecule has 1 aliphatic heterocycles. The molecule has 1 heteroatoms. The largest absolute Gasteiger partial charge is 0.298 e. The van der Waals surface area contributed by atoms with E-state index in [2.05, 4.69) is 72.5 Å². The lowest BCUT2D eigenvalue weighted by molar-refractivity contribution is 0.319. The quantitative estimate of drug-likeness (QED) is 0.799. The molecule has 0 unspecified atom stereocenters. The van der Waals surface area contributed by atoms with E-state index in [-0.39, 0.29) is 0 Å². The molecule has 1 saturated heterocycles. The van der Waals surface area contributed by atoms with Gasteiger partial charge in [-0.15, -0.1) is 0 Å². The molecule has 3 rings (SSSR count). The molecule has 0 bridgehead atoms. The van der Waals surface area contributed by atoms with Gasteiger partial charge in [-0.2, -0.15) is 0 Å². The van der Waals surface area contributed by atoms with Gasteiger partial charge in [-0.25, -0.2) is 0 Å². The number of nitrogens with zero attached hydrogens (tertiary/aromatic N) is 1. The summed E-state index contributed by atoms with van der Waals surface area (Å²) < 4.78 is 0. The monoisotopic (exact) mass is 251 g/mol. The molecule has 0 spiro atoms. The first-order valence-electron chi connectivity index (χ1n) is 7.14. The summed E-state index contributed by atoms with van der Waals surface area (Å²) in [6, 6.07) is 21.7. The average Bonchev–Trinajstić information content (AvgIpc) is 2.82. The van der Waals surface area contributed by atoms with Crippen molar-refractivity contribution in [1.82, 2.24) is 4.90 Å². The van der Waals surface area contributed by atoms with Crippen LogP contribution in [0.25, 0.3) is 0 Å². The Morgan fingerprint density at radius 3 is 2.21 bits per heavy atom. The SMILES string of the molecule is C[C@H]1CN(Cc2ccccc2)C[C@H]1c1ccccc1. The number of benzene rings is 2. The molecular formula is C18H21N. The Bertz CT molecular complexity index is 506. The molecule has 0 N–H and O–H groups in total. The predicted molar refractivity (Wildman–Crippen MR) is 80.1 cm³/mol. The van der Waals surface area contributed by atoms with Crippen molar-refractivity contribution in [2.45, 2.75) is 19.4 Å². The van der Waals surface area contributed by atoms with Gasteiger partial charge in [0.05, 0.1) is 0 Å². The molecule has 0 amide bonds. The van der Waals surface area contributed by atoms with Crippen molar-refractivity contribution >= 4 is 0 Å². The maximum Gasteiger partial charge on any atom is 0.0234 e. The standard InChI is InChI=1S/C18H21N/c1-15-12-19(13-16-8-4-2-5-9-16)14-18(15)17-10-6-3-7-11-17/h2-11,15,18H,12-14H2,1H3/t15-,18+/m0/s1. The van der Waals surface area contributed by atoms with Crippen LogP contribution in [0.4, 0.5) is 0 Å². The van der Waals surface area contributed by atoms with Gasteiger partial charge in [0.15, 0.2) is 0 Å². The Morgan fingerprint density at radius 1 is 0.895 bits per heavy atom.